The molecule has 0 aliphatic carbocycles. The Morgan fingerprint density at radius 2 is 1.60 bits per heavy atom. The second-order valence-corrected chi connectivity index (χ2v) is 10.2. The zero-order valence-electron chi connectivity index (χ0n) is 22.0. The lowest BCUT2D eigenvalue weighted by atomic mass is 10.0. The van der Waals surface area contributed by atoms with E-state index >= 15 is 0 Å². The molecule has 0 saturated carbocycles. The van der Waals surface area contributed by atoms with Crippen LogP contribution in [0.1, 0.15) is 16.7 Å². The number of amides is 2. The second kappa shape index (κ2) is 14.3. The molecule has 10 N–H and O–H groups in total. The summed E-state index contributed by atoms with van der Waals surface area (Å²) < 4.78 is 60.4. The van der Waals surface area contributed by atoms with Gasteiger partial charge in [0.2, 0.25) is 15.9 Å². The molecule has 0 aliphatic rings. The maximum Gasteiger partial charge on any atom is 0.490 e. The van der Waals surface area contributed by atoms with Crippen LogP contribution in [0.15, 0.2) is 71.6 Å². The highest BCUT2D eigenvalue weighted by Gasteiger charge is 2.38. The van der Waals surface area contributed by atoms with Crippen molar-refractivity contribution in [2.24, 2.45) is 16.6 Å². The van der Waals surface area contributed by atoms with Gasteiger partial charge in [0.15, 0.2) is 0 Å². The zero-order chi connectivity index (χ0) is 32.5. The molecule has 0 spiro atoms. The first-order valence-electron chi connectivity index (χ1n) is 11.8. The number of aromatic hydroxyl groups is 1. The van der Waals surface area contributed by atoms with Crippen LogP contribution in [0.3, 0.4) is 0 Å². The van der Waals surface area contributed by atoms with Gasteiger partial charge >= 0.3 is 18.2 Å². The van der Waals surface area contributed by atoms with E-state index < -0.39 is 40.2 Å². The summed E-state index contributed by atoms with van der Waals surface area (Å²) in [5.41, 5.74) is 13.6. The molecule has 0 aliphatic heterocycles. The van der Waals surface area contributed by atoms with E-state index in [9.17, 15) is 36.3 Å². The fraction of sp³-hybridized carbons (Fsp3) is 0.154. The predicted molar refractivity (Wildman–Crippen MR) is 146 cm³/mol. The van der Waals surface area contributed by atoms with Crippen molar-refractivity contribution in [3.8, 4) is 16.9 Å². The van der Waals surface area contributed by atoms with E-state index in [1.54, 1.807) is 42.5 Å². The van der Waals surface area contributed by atoms with Gasteiger partial charge in [-0.15, -0.1) is 0 Å². The molecule has 43 heavy (non-hydrogen) atoms. The number of imide groups is 1. The maximum absolute atomic E-state index is 12.3. The Morgan fingerprint density at radius 1 is 1.02 bits per heavy atom. The van der Waals surface area contributed by atoms with Gasteiger partial charge in [0.25, 0.3) is 0 Å². The molecule has 0 heterocycles. The Bertz CT molecular complexity index is 1610. The van der Waals surface area contributed by atoms with E-state index in [1.807, 2.05) is 5.32 Å². The Balaban J connectivity index is 0.000000821. The van der Waals surface area contributed by atoms with E-state index in [0.717, 1.165) is 0 Å². The van der Waals surface area contributed by atoms with Gasteiger partial charge in [0, 0.05) is 17.5 Å². The molecule has 1 atom stereocenters. The van der Waals surface area contributed by atoms with Gasteiger partial charge in [0.05, 0.1) is 10.9 Å². The van der Waals surface area contributed by atoms with E-state index in [-0.39, 0.29) is 29.5 Å². The van der Waals surface area contributed by atoms with Crippen LogP contribution in [0.2, 0.25) is 0 Å². The third-order valence-electron chi connectivity index (χ3n) is 5.46. The number of amidine groups is 1. The number of phenolic OH excluding ortho intramolecular Hbond substituents is 1. The number of primary sulfonamides is 1. The highest BCUT2D eigenvalue weighted by atomic mass is 32.2. The van der Waals surface area contributed by atoms with Crippen molar-refractivity contribution >= 4 is 33.8 Å². The molecular weight excluding hydrogens is 599 g/mol. The van der Waals surface area contributed by atoms with Gasteiger partial charge in [-0.2, -0.15) is 13.2 Å². The summed E-state index contributed by atoms with van der Waals surface area (Å²) >= 11 is 0. The predicted octanol–water partition coefficient (Wildman–Crippen LogP) is 1.95. The third kappa shape index (κ3) is 10.4. The minimum Gasteiger partial charge on any atom is -0.508 e. The average Bonchev–Trinajstić information content (AvgIpc) is 2.92. The summed E-state index contributed by atoms with van der Waals surface area (Å²) in [4.78, 5) is 33.2. The minimum absolute atomic E-state index is 0.00966. The monoisotopic (exact) mass is 625 g/mol. The first-order valence-corrected chi connectivity index (χ1v) is 13.4. The van der Waals surface area contributed by atoms with Gasteiger partial charge < -0.3 is 26.4 Å². The van der Waals surface area contributed by atoms with E-state index in [0.29, 0.717) is 27.8 Å². The topological polar surface area (TPSA) is 249 Å². The highest BCUT2D eigenvalue weighted by Crippen LogP contribution is 2.27. The van der Waals surface area contributed by atoms with Crippen LogP contribution in [0.5, 0.6) is 5.75 Å². The number of carboxylic acids is 1. The van der Waals surface area contributed by atoms with Crippen LogP contribution in [0.25, 0.3) is 11.1 Å². The summed E-state index contributed by atoms with van der Waals surface area (Å²) in [6.07, 6.45) is -6.20. The van der Waals surface area contributed by atoms with Crippen LogP contribution in [-0.2, 0) is 37.4 Å². The molecule has 0 bridgehead atoms. The van der Waals surface area contributed by atoms with Crippen molar-refractivity contribution in [3.63, 3.8) is 0 Å². The number of alkyl halides is 3. The third-order valence-corrected chi connectivity index (χ3v) is 6.43. The zero-order valence-corrected chi connectivity index (χ0v) is 22.8. The number of carbonyl (C=O) groups excluding carboxylic acids is 2. The maximum atomic E-state index is 12.3. The van der Waals surface area contributed by atoms with Gasteiger partial charge in [-0.1, -0.05) is 42.5 Å². The number of halogens is 3. The van der Waals surface area contributed by atoms with Crippen molar-refractivity contribution in [2.75, 3.05) is 0 Å². The highest BCUT2D eigenvalue weighted by molar-refractivity contribution is 7.89. The number of rotatable bonds is 8. The molecule has 3 aromatic rings. The van der Waals surface area contributed by atoms with Crippen molar-refractivity contribution in [1.82, 2.24) is 5.32 Å². The first kappa shape index (κ1) is 34.2. The lowest BCUT2D eigenvalue weighted by Gasteiger charge is -2.14. The largest absolute Gasteiger partial charge is 0.508 e. The van der Waals surface area contributed by atoms with Crippen LogP contribution in [0, 0.1) is 5.41 Å². The molecule has 0 radical (unpaired) electrons. The van der Waals surface area contributed by atoms with Gasteiger partial charge in [-0.3, -0.25) is 15.5 Å². The van der Waals surface area contributed by atoms with Crippen LogP contribution >= 0.6 is 0 Å². The fourth-order valence-corrected chi connectivity index (χ4v) is 4.12. The second-order valence-electron chi connectivity index (χ2n) is 8.67. The van der Waals surface area contributed by atoms with Gasteiger partial charge in [-0.05, 0) is 41.0 Å². The van der Waals surface area contributed by atoms with Crippen molar-refractivity contribution < 1.29 is 50.9 Å². The molecule has 230 valence electrons. The number of nitrogens with two attached hydrogens (primary N) is 3. The normalized spacial score (nSPS) is 11.8. The summed E-state index contributed by atoms with van der Waals surface area (Å²) in [7, 11) is -3.91. The number of nitrogen functional groups attached to an aromatic ring is 1. The van der Waals surface area contributed by atoms with E-state index in [2.05, 4.69) is 0 Å². The Kier molecular flexibility index (Phi) is 11.3. The molecular formula is C26H26F3N5O8S. The average molecular weight is 626 g/mol. The van der Waals surface area contributed by atoms with Crippen molar-refractivity contribution in [1.29, 1.82) is 5.41 Å². The summed E-state index contributed by atoms with van der Waals surface area (Å²) in [6, 6.07) is 15.9. The van der Waals surface area contributed by atoms with Crippen LogP contribution < -0.4 is 21.9 Å². The number of hydrogen-bond donors (Lipinski definition) is 7. The molecule has 13 nitrogen and oxygen atoms in total. The molecule has 0 aromatic heterocycles. The Labute approximate surface area is 242 Å². The van der Waals surface area contributed by atoms with E-state index in [4.69, 9.17) is 36.7 Å². The number of ether oxygens (including phenoxy) is 1. The smallest absolute Gasteiger partial charge is 0.490 e. The van der Waals surface area contributed by atoms with Crippen molar-refractivity contribution in [2.45, 2.75) is 30.1 Å². The minimum atomic E-state index is -5.08. The number of carbonyl (C=O) groups is 3. The van der Waals surface area contributed by atoms with Gasteiger partial charge in [0.1, 0.15) is 18.2 Å². The number of benzene rings is 3. The fourth-order valence-electron chi connectivity index (χ4n) is 3.36. The summed E-state index contributed by atoms with van der Waals surface area (Å²) in [5, 5.41) is 31.9. The standard InChI is InChI=1S/C24H25N5O6S.C2HF3O2/c25-19(12-17-11-16(22(26)27)9-10-20(17)30)23(31)29-24(32)35-13-14-5-7-15(8-6-14)18-3-1-2-4-21(18)36(28,33)34;3-2(4,5)1(6)7/h1-11,19,30H,12-13,25H2,(H3,26,27)(H2,28,33,34)(H,29,31,32);(H,6,7)/t19-;/m0./s1. The number of phenols is 1. The molecule has 0 unspecified atom stereocenters. The summed E-state index contributed by atoms with van der Waals surface area (Å²) in [5.74, 6) is -3.91. The van der Waals surface area contributed by atoms with E-state index in [1.165, 1.54) is 24.3 Å². The number of alkyl carbamates (subject to hydrolysis) is 1. The number of sulfonamides is 1. The molecule has 0 saturated heterocycles. The molecule has 0 fully saturated rings. The number of carboxylic acid groups (broad SMARTS) is 1. The number of aliphatic carboxylic acids is 1. The SMILES string of the molecule is N=C(N)c1ccc(O)c(C[C@H](N)C(=O)NC(=O)OCc2ccc(-c3ccccc3S(N)(=O)=O)cc2)c1.O=C(O)C(F)(F)F. The molecule has 2 amide bonds. The van der Waals surface area contributed by atoms with Crippen molar-refractivity contribution in [3.05, 3.63) is 83.4 Å². The molecule has 17 heteroatoms. The summed E-state index contributed by atoms with van der Waals surface area (Å²) in [6.45, 7) is -0.160. The number of hydrogen-bond acceptors (Lipinski definition) is 9. The van der Waals surface area contributed by atoms with Crippen LogP contribution in [-0.4, -0.2) is 54.7 Å². The lowest BCUT2D eigenvalue weighted by Crippen LogP contribution is -2.44. The molecule has 3 rings (SSSR count). The quantitative estimate of drug-likeness (QED) is 0.141. The van der Waals surface area contributed by atoms with Crippen LogP contribution in [0.4, 0.5) is 18.0 Å². The first-order chi connectivity index (χ1) is 19.9. The molecule has 3 aromatic carbocycles. The number of nitrogens with one attached hydrogen (secondary N) is 2. The van der Waals surface area contributed by atoms with Gasteiger partial charge in [-0.25, -0.2) is 23.1 Å². The Hall–Kier alpha value is -5.00. The lowest BCUT2D eigenvalue weighted by molar-refractivity contribution is -0.192. The Morgan fingerprint density at radius 3 is 2.14 bits per heavy atom.